The third kappa shape index (κ3) is 2.21. The Balaban J connectivity index is 1.99. The Hall–Kier alpha value is -1.11. The van der Waals surface area contributed by atoms with Crippen LogP contribution in [0.1, 0.15) is 18.7 Å². The standard InChI is InChI=1S/C14H15BrN2O2S/c1-11-14-3-2-8-16(14)9-10-17(11)20(18,19)13-6-4-12(15)5-7-13/h2-8,11H,9-10H2,1H3. The van der Waals surface area contributed by atoms with Gasteiger partial charge in [-0.25, -0.2) is 8.42 Å². The number of sulfonamides is 1. The molecule has 106 valence electrons. The Morgan fingerprint density at radius 1 is 1.15 bits per heavy atom. The van der Waals surface area contributed by atoms with E-state index in [1.165, 1.54) is 0 Å². The van der Waals surface area contributed by atoms with Crippen molar-refractivity contribution in [3.8, 4) is 0 Å². The van der Waals surface area contributed by atoms with Gasteiger partial charge in [-0.1, -0.05) is 15.9 Å². The molecule has 6 heteroatoms. The van der Waals surface area contributed by atoms with Gasteiger partial charge in [-0.15, -0.1) is 0 Å². The molecule has 2 aromatic rings. The first-order chi connectivity index (χ1) is 9.50. The largest absolute Gasteiger partial charge is 0.349 e. The molecule has 0 saturated carbocycles. The molecule has 20 heavy (non-hydrogen) atoms. The molecule has 1 unspecified atom stereocenters. The molecule has 0 aliphatic carbocycles. The van der Waals surface area contributed by atoms with E-state index in [9.17, 15) is 8.42 Å². The SMILES string of the molecule is CC1c2cccn2CCN1S(=O)(=O)c1ccc(Br)cc1. The van der Waals surface area contributed by atoms with Crippen molar-refractivity contribution in [2.45, 2.75) is 24.4 Å². The fraction of sp³-hybridized carbons (Fsp3) is 0.286. The van der Waals surface area contributed by atoms with Gasteiger partial charge in [0, 0.05) is 29.5 Å². The quantitative estimate of drug-likeness (QED) is 0.831. The van der Waals surface area contributed by atoms with E-state index >= 15 is 0 Å². The van der Waals surface area contributed by atoms with Crippen LogP contribution in [0.25, 0.3) is 0 Å². The molecule has 2 heterocycles. The van der Waals surface area contributed by atoms with Crippen LogP contribution in [-0.4, -0.2) is 23.8 Å². The smallest absolute Gasteiger partial charge is 0.243 e. The lowest BCUT2D eigenvalue weighted by atomic mass is 10.2. The van der Waals surface area contributed by atoms with Crippen LogP contribution in [0, 0.1) is 0 Å². The zero-order valence-electron chi connectivity index (χ0n) is 11.0. The Kier molecular flexibility index (Phi) is 3.48. The summed E-state index contributed by atoms with van der Waals surface area (Å²) in [6.07, 6.45) is 2.00. The monoisotopic (exact) mass is 354 g/mol. The van der Waals surface area contributed by atoms with Crippen molar-refractivity contribution in [1.29, 1.82) is 0 Å². The molecule has 0 fully saturated rings. The van der Waals surface area contributed by atoms with Crippen LogP contribution in [0.2, 0.25) is 0 Å². The molecule has 4 nitrogen and oxygen atoms in total. The van der Waals surface area contributed by atoms with Gasteiger partial charge < -0.3 is 4.57 Å². The highest BCUT2D eigenvalue weighted by Crippen LogP contribution is 2.31. The molecule has 1 aliphatic rings. The van der Waals surface area contributed by atoms with Crippen LogP contribution in [-0.2, 0) is 16.6 Å². The molecule has 0 bridgehead atoms. The first kappa shape index (κ1) is 13.9. The van der Waals surface area contributed by atoms with Gasteiger partial charge in [0.1, 0.15) is 0 Å². The maximum absolute atomic E-state index is 12.7. The van der Waals surface area contributed by atoms with Gasteiger partial charge in [-0.05, 0) is 43.3 Å². The highest BCUT2D eigenvalue weighted by molar-refractivity contribution is 9.10. The molecular formula is C14H15BrN2O2S. The van der Waals surface area contributed by atoms with Gasteiger partial charge >= 0.3 is 0 Å². The van der Waals surface area contributed by atoms with Gasteiger partial charge in [0.2, 0.25) is 10.0 Å². The van der Waals surface area contributed by atoms with E-state index < -0.39 is 10.0 Å². The van der Waals surface area contributed by atoms with E-state index in [-0.39, 0.29) is 6.04 Å². The molecule has 1 aliphatic heterocycles. The highest BCUT2D eigenvalue weighted by atomic mass is 79.9. The summed E-state index contributed by atoms with van der Waals surface area (Å²) in [4.78, 5) is 0.340. The summed E-state index contributed by atoms with van der Waals surface area (Å²) in [5.41, 5.74) is 1.04. The molecule has 1 atom stereocenters. The third-order valence-electron chi connectivity index (χ3n) is 3.71. The minimum Gasteiger partial charge on any atom is -0.349 e. The summed E-state index contributed by atoms with van der Waals surface area (Å²) in [5, 5.41) is 0. The second-order valence-corrected chi connectivity index (χ2v) is 7.68. The lowest BCUT2D eigenvalue weighted by molar-refractivity contribution is 0.282. The fourth-order valence-corrected chi connectivity index (χ4v) is 4.49. The lowest BCUT2D eigenvalue weighted by Crippen LogP contribution is -2.40. The second-order valence-electron chi connectivity index (χ2n) is 4.87. The van der Waals surface area contributed by atoms with Crippen molar-refractivity contribution in [2.75, 3.05) is 6.54 Å². The van der Waals surface area contributed by atoms with Crippen LogP contribution in [0.4, 0.5) is 0 Å². The summed E-state index contributed by atoms with van der Waals surface area (Å²) in [6, 6.07) is 10.6. The summed E-state index contributed by atoms with van der Waals surface area (Å²) < 4.78 is 30.0. The number of fused-ring (bicyclic) bond motifs is 1. The minimum atomic E-state index is -3.45. The molecule has 0 amide bonds. The summed E-state index contributed by atoms with van der Waals surface area (Å²) in [5.74, 6) is 0. The number of aromatic nitrogens is 1. The van der Waals surface area contributed by atoms with Crippen molar-refractivity contribution in [2.24, 2.45) is 0 Å². The van der Waals surface area contributed by atoms with Gasteiger partial charge in [0.15, 0.2) is 0 Å². The average molecular weight is 355 g/mol. The summed E-state index contributed by atoms with van der Waals surface area (Å²) in [7, 11) is -3.45. The predicted molar refractivity (Wildman–Crippen MR) is 80.9 cm³/mol. The molecule has 0 radical (unpaired) electrons. The normalized spacial score (nSPS) is 19.8. The van der Waals surface area contributed by atoms with E-state index in [0.29, 0.717) is 18.0 Å². The number of benzene rings is 1. The molecule has 0 saturated heterocycles. The molecular weight excluding hydrogens is 340 g/mol. The fourth-order valence-electron chi connectivity index (χ4n) is 2.63. The Bertz CT molecular complexity index is 722. The first-order valence-electron chi connectivity index (χ1n) is 6.42. The number of halogens is 1. The highest BCUT2D eigenvalue weighted by Gasteiger charge is 2.33. The Morgan fingerprint density at radius 2 is 1.85 bits per heavy atom. The van der Waals surface area contributed by atoms with Crippen molar-refractivity contribution >= 4 is 26.0 Å². The maximum atomic E-state index is 12.7. The van der Waals surface area contributed by atoms with E-state index in [1.807, 2.05) is 25.3 Å². The first-order valence-corrected chi connectivity index (χ1v) is 8.66. The Morgan fingerprint density at radius 3 is 2.55 bits per heavy atom. The topological polar surface area (TPSA) is 42.3 Å². The number of rotatable bonds is 2. The molecule has 1 aromatic heterocycles. The molecule has 0 N–H and O–H groups in total. The number of hydrogen-bond donors (Lipinski definition) is 0. The van der Waals surface area contributed by atoms with Crippen molar-refractivity contribution in [3.05, 3.63) is 52.8 Å². The van der Waals surface area contributed by atoms with Crippen LogP contribution in [0.15, 0.2) is 52.0 Å². The van der Waals surface area contributed by atoms with E-state index in [4.69, 9.17) is 0 Å². The van der Waals surface area contributed by atoms with Crippen LogP contribution in [0.3, 0.4) is 0 Å². The summed E-state index contributed by atoms with van der Waals surface area (Å²) in [6.45, 7) is 3.13. The molecule has 0 spiro atoms. The van der Waals surface area contributed by atoms with Gasteiger partial charge in [-0.2, -0.15) is 4.31 Å². The lowest BCUT2D eigenvalue weighted by Gasteiger charge is -2.33. The van der Waals surface area contributed by atoms with Crippen molar-refractivity contribution in [3.63, 3.8) is 0 Å². The number of nitrogens with zero attached hydrogens (tertiary/aromatic N) is 2. The molecule has 3 rings (SSSR count). The third-order valence-corrected chi connectivity index (χ3v) is 6.22. The maximum Gasteiger partial charge on any atom is 0.243 e. The summed E-state index contributed by atoms with van der Waals surface area (Å²) >= 11 is 3.32. The Labute approximate surface area is 127 Å². The van der Waals surface area contributed by atoms with Crippen LogP contribution in [0.5, 0.6) is 0 Å². The zero-order chi connectivity index (χ0) is 14.3. The van der Waals surface area contributed by atoms with E-state index in [1.54, 1.807) is 28.6 Å². The predicted octanol–water partition coefficient (Wildman–Crippen LogP) is 3.02. The number of hydrogen-bond acceptors (Lipinski definition) is 2. The second kappa shape index (κ2) is 5.02. The van der Waals surface area contributed by atoms with Crippen molar-refractivity contribution < 1.29 is 8.42 Å². The minimum absolute atomic E-state index is 0.146. The van der Waals surface area contributed by atoms with E-state index in [2.05, 4.69) is 20.5 Å². The van der Waals surface area contributed by atoms with Crippen LogP contribution < -0.4 is 0 Å². The van der Waals surface area contributed by atoms with Gasteiger partial charge in [0.25, 0.3) is 0 Å². The molecule has 1 aromatic carbocycles. The average Bonchev–Trinajstić information content (AvgIpc) is 2.88. The van der Waals surface area contributed by atoms with Gasteiger partial charge in [-0.3, -0.25) is 0 Å². The van der Waals surface area contributed by atoms with E-state index in [0.717, 1.165) is 10.2 Å². The van der Waals surface area contributed by atoms with Crippen molar-refractivity contribution in [1.82, 2.24) is 8.87 Å². The zero-order valence-corrected chi connectivity index (χ0v) is 13.4. The van der Waals surface area contributed by atoms with Crippen LogP contribution >= 0.6 is 15.9 Å². The van der Waals surface area contributed by atoms with Gasteiger partial charge in [0.05, 0.1) is 10.9 Å².